The van der Waals surface area contributed by atoms with Crippen LogP contribution in [0.4, 0.5) is 65.9 Å². The second-order valence-electron chi connectivity index (χ2n) is 17.2. The zero-order valence-corrected chi connectivity index (χ0v) is 37.7. The van der Waals surface area contributed by atoms with Crippen LogP contribution in [0.3, 0.4) is 0 Å². The predicted octanol–water partition coefficient (Wildman–Crippen LogP) is 18.1. The van der Waals surface area contributed by atoms with Crippen molar-refractivity contribution in [3.8, 4) is 73.2 Å². The highest BCUT2D eigenvalue weighted by molar-refractivity contribution is 6.12. The van der Waals surface area contributed by atoms with Gasteiger partial charge in [0.2, 0.25) is 0 Å². The first-order valence-electron chi connectivity index (χ1n) is 22.2. The number of hydrogen-bond acceptors (Lipinski definition) is 3. The number of benzene rings is 8. The molecular formula is C56H29F15N4. The Morgan fingerprint density at radius 1 is 0.267 bits per heavy atom. The molecule has 0 aliphatic rings. The normalized spacial score (nSPS) is 12.7. The summed E-state index contributed by atoms with van der Waals surface area (Å²) in [4.78, 5) is 14.3. The maximum atomic E-state index is 14.2. The summed E-state index contributed by atoms with van der Waals surface area (Å²) in [5.74, 6) is 0.593. The van der Waals surface area contributed by atoms with Gasteiger partial charge in [0.15, 0.2) is 17.5 Å². The molecule has 0 amide bonds. The molecule has 0 saturated heterocycles. The third-order valence-corrected chi connectivity index (χ3v) is 12.3. The Kier molecular flexibility index (Phi) is 12.1. The van der Waals surface area contributed by atoms with Gasteiger partial charge in [-0.3, -0.25) is 0 Å². The monoisotopic (exact) mass is 1040 g/mol. The van der Waals surface area contributed by atoms with Crippen LogP contribution >= 0.6 is 0 Å². The lowest BCUT2D eigenvalue weighted by molar-refractivity contribution is -0.144. The zero-order valence-electron chi connectivity index (χ0n) is 37.7. The lowest BCUT2D eigenvalue weighted by Gasteiger charge is -2.17. The SMILES string of the molecule is FC(F)(F)c1ccc(-c2ccc(-c3nc(-c4ccccc4)nc(-c4ccccc4)n3)cc2-n2c3ccc(-c4cc(C(F)(F)F)cc(C(F)(F)F)c4)cc3c3cc(-c4cc(C(F)(F)F)cc(C(F)(F)F)c4)ccc32)cc1. The number of fused-ring (bicyclic) bond motifs is 3. The van der Waals surface area contributed by atoms with Crippen LogP contribution in [0.5, 0.6) is 0 Å². The second-order valence-corrected chi connectivity index (χ2v) is 17.2. The highest BCUT2D eigenvalue weighted by Crippen LogP contribution is 2.45. The summed E-state index contributed by atoms with van der Waals surface area (Å²) in [5, 5.41) is 0.0833. The van der Waals surface area contributed by atoms with Crippen molar-refractivity contribution in [2.24, 2.45) is 0 Å². The summed E-state index contributed by atoms with van der Waals surface area (Å²) in [7, 11) is 0. The zero-order chi connectivity index (χ0) is 53.4. The molecule has 10 rings (SSSR count). The van der Waals surface area contributed by atoms with E-state index in [4.69, 9.17) is 15.0 Å². The smallest absolute Gasteiger partial charge is 0.309 e. The summed E-state index contributed by atoms with van der Waals surface area (Å²) in [6, 6.07) is 36.0. The van der Waals surface area contributed by atoms with E-state index >= 15 is 0 Å². The minimum Gasteiger partial charge on any atom is -0.309 e. The number of hydrogen-bond donors (Lipinski definition) is 0. The summed E-state index contributed by atoms with van der Waals surface area (Å²) in [5.41, 5.74) is -6.61. The standard InChI is InChI=1S/C56H29F15N4/c57-52(58,59)38-16-11-30(12-17-38)43-18-13-35(51-73-49(31-7-3-1-4-8-31)72-50(74-51)32-9-5-2-6-10-32)27-48(43)75-46-19-14-33(36-21-39(53(60,61)62)28-40(22-36)54(63,64)65)25-44(46)45-26-34(15-20-47(45)75)37-23-41(55(66,67)68)29-42(24-37)56(69,70)71/h1-29H. The van der Waals surface area contributed by atoms with Crippen molar-refractivity contribution in [3.63, 3.8) is 0 Å². The van der Waals surface area contributed by atoms with Gasteiger partial charge >= 0.3 is 30.9 Å². The van der Waals surface area contributed by atoms with Crippen LogP contribution in [0.15, 0.2) is 176 Å². The maximum Gasteiger partial charge on any atom is 0.416 e. The average molecular weight is 1040 g/mol. The van der Waals surface area contributed by atoms with E-state index in [2.05, 4.69) is 0 Å². The van der Waals surface area contributed by atoms with Crippen LogP contribution in [0.25, 0.3) is 95.0 Å². The van der Waals surface area contributed by atoms with Gasteiger partial charge in [0, 0.05) is 33.0 Å². The van der Waals surface area contributed by atoms with E-state index in [1.165, 1.54) is 48.5 Å². The summed E-state index contributed by atoms with van der Waals surface area (Å²) in [6.07, 6.45) is -25.7. The molecule has 4 nitrogen and oxygen atoms in total. The first-order chi connectivity index (χ1) is 35.3. The van der Waals surface area contributed by atoms with Crippen molar-refractivity contribution >= 4 is 21.8 Å². The fourth-order valence-electron chi connectivity index (χ4n) is 8.76. The van der Waals surface area contributed by atoms with Crippen molar-refractivity contribution < 1.29 is 65.9 Å². The molecule has 0 radical (unpaired) electrons. The van der Waals surface area contributed by atoms with Gasteiger partial charge in [-0.1, -0.05) is 97.1 Å². The molecule has 10 aromatic rings. The van der Waals surface area contributed by atoms with Gasteiger partial charge in [-0.05, 0) is 107 Å². The van der Waals surface area contributed by atoms with Crippen LogP contribution in [0.1, 0.15) is 27.8 Å². The molecule has 0 N–H and O–H groups in total. The molecule has 75 heavy (non-hydrogen) atoms. The fourth-order valence-corrected chi connectivity index (χ4v) is 8.76. The van der Waals surface area contributed by atoms with Crippen molar-refractivity contribution in [3.05, 3.63) is 204 Å². The van der Waals surface area contributed by atoms with Gasteiger partial charge in [0.1, 0.15) is 0 Å². The molecule has 0 saturated carbocycles. The Balaban J connectivity index is 1.28. The van der Waals surface area contributed by atoms with Crippen molar-refractivity contribution in [1.82, 2.24) is 19.5 Å². The first kappa shape index (κ1) is 50.1. The van der Waals surface area contributed by atoms with E-state index in [0.29, 0.717) is 41.0 Å². The topological polar surface area (TPSA) is 43.6 Å². The molecule has 0 atom stereocenters. The number of halogens is 15. The largest absolute Gasteiger partial charge is 0.416 e. The molecular weight excluding hydrogens is 1010 g/mol. The molecule has 0 bridgehead atoms. The fraction of sp³-hybridized carbons (Fsp3) is 0.0893. The van der Waals surface area contributed by atoms with Gasteiger partial charge in [-0.2, -0.15) is 65.9 Å². The molecule has 2 aromatic heterocycles. The van der Waals surface area contributed by atoms with E-state index in [1.54, 1.807) is 83.4 Å². The van der Waals surface area contributed by atoms with Gasteiger partial charge in [-0.15, -0.1) is 0 Å². The molecule has 2 heterocycles. The second kappa shape index (κ2) is 18.2. The minimum absolute atomic E-state index is 0.0417. The molecule has 0 spiro atoms. The van der Waals surface area contributed by atoms with Crippen LogP contribution in [0, 0.1) is 0 Å². The quantitative estimate of drug-likeness (QED) is 0.149. The number of rotatable bonds is 7. The maximum absolute atomic E-state index is 14.2. The highest BCUT2D eigenvalue weighted by Gasteiger charge is 2.39. The van der Waals surface area contributed by atoms with Gasteiger partial charge in [-0.25, -0.2) is 15.0 Å². The lowest BCUT2D eigenvalue weighted by atomic mass is 9.96. The van der Waals surface area contributed by atoms with E-state index < -0.39 is 69.8 Å². The van der Waals surface area contributed by atoms with Crippen molar-refractivity contribution in [2.75, 3.05) is 0 Å². The Morgan fingerprint density at radius 2 is 0.613 bits per heavy atom. The first-order valence-corrected chi connectivity index (χ1v) is 22.2. The van der Waals surface area contributed by atoms with E-state index in [9.17, 15) is 65.9 Å². The van der Waals surface area contributed by atoms with E-state index in [0.717, 1.165) is 12.1 Å². The van der Waals surface area contributed by atoms with Crippen LogP contribution in [-0.2, 0) is 30.9 Å². The molecule has 19 heteroatoms. The number of aromatic nitrogens is 4. The van der Waals surface area contributed by atoms with Gasteiger partial charge in [0.25, 0.3) is 0 Å². The minimum atomic E-state index is -5.24. The van der Waals surface area contributed by atoms with Gasteiger partial charge in [0.05, 0.1) is 44.5 Å². The number of nitrogens with zero attached hydrogens (tertiary/aromatic N) is 4. The van der Waals surface area contributed by atoms with Crippen LogP contribution in [-0.4, -0.2) is 19.5 Å². The van der Waals surface area contributed by atoms with Gasteiger partial charge < -0.3 is 4.57 Å². The van der Waals surface area contributed by atoms with E-state index in [-0.39, 0.29) is 79.4 Å². The Bertz CT molecular complexity index is 3540. The molecule has 0 aliphatic heterocycles. The highest BCUT2D eigenvalue weighted by atomic mass is 19.4. The molecule has 8 aromatic carbocycles. The summed E-state index contributed by atoms with van der Waals surface area (Å²) in [6.45, 7) is 0. The Morgan fingerprint density at radius 3 is 0.987 bits per heavy atom. The molecule has 0 aliphatic carbocycles. The summed E-state index contributed by atoms with van der Waals surface area (Å²) < 4.78 is 213. The molecule has 378 valence electrons. The predicted molar refractivity (Wildman–Crippen MR) is 252 cm³/mol. The van der Waals surface area contributed by atoms with Crippen molar-refractivity contribution in [1.29, 1.82) is 0 Å². The third kappa shape index (κ3) is 10.0. The van der Waals surface area contributed by atoms with E-state index in [1.807, 2.05) is 0 Å². The van der Waals surface area contributed by atoms with Crippen LogP contribution in [0.2, 0.25) is 0 Å². The third-order valence-electron chi connectivity index (χ3n) is 12.3. The van der Waals surface area contributed by atoms with Crippen molar-refractivity contribution in [2.45, 2.75) is 30.9 Å². The average Bonchev–Trinajstić information content (AvgIpc) is 3.72. The van der Waals surface area contributed by atoms with Crippen LogP contribution < -0.4 is 0 Å². The lowest BCUT2D eigenvalue weighted by Crippen LogP contribution is -2.11. The Labute approximate surface area is 414 Å². The Hall–Kier alpha value is -8.48. The summed E-state index contributed by atoms with van der Waals surface area (Å²) >= 11 is 0. The molecule has 0 unspecified atom stereocenters. The molecule has 0 fully saturated rings. The number of alkyl halides is 15.